The second-order valence-electron chi connectivity index (χ2n) is 7.13. The molecule has 1 fully saturated rings. The van der Waals surface area contributed by atoms with Gasteiger partial charge in [-0.15, -0.1) is 0 Å². The average Bonchev–Trinajstić information content (AvgIpc) is 3.06. The molecule has 156 valence electrons. The highest BCUT2D eigenvalue weighted by molar-refractivity contribution is 6.52. The Bertz CT molecular complexity index is 1190. The Morgan fingerprint density at radius 2 is 1.74 bits per heavy atom. The molecule has 2 N–H and O–H groups in total. The van der Waals surface area contributed by atoms with Crippen molar-refractivity contribution in [2.75, 3.05) is 4.90 Å². The monoisotopic (exact) mass is 434 g/mol. The highest BCUT2D eigenvalue weighted by atomic mass is 35.5. The lowest BCUT2D eigenvalue weighted by atomic mass is 9.95. The summed E-state index contributed by atoms with van der Waals surface area (Å²) in [5, 5.41) is 21.8. The van der Waals surface area contributed by atoms with Crippen LogP contribution < -0.4 is 4.90 Å². The van der Waals surface area contributed by atoms with E-state index in [1.54, 1.807) is 24.3 Å². The molecule has 1 aliphatic heterocycles. The van der Waals surface area contributed by atoms with Crippen molar-refractivity contribution in [3.63, 3.8) is 0 Å². The quantitative estimate of drug-likeness (QED) is 0.355. The molecule has 1 atom stereocenters. The minimum absolute atomic E-state index is 0.0696. The van der Waals surface area contributed by atoms with E-state index in [1.807, 2.05) is 19.1 Å². The number of pyridine rings is 1. The van der Waals surface area contributed by atoms with E-state index in [2.05, 4.69) is 4.98 Å². The molecule has 31 heavy (non-hydrogen) atoms. The number of rotatable bonds is 4. The molecule has 1 aliphatic rings. The van der Waals surface area contributed by atoms with E-state index in [0.29, 0.717) is 16.1 Å². The number of carbonyl (C=O) groups is 2. The Labute approximate surface area is 184 Å². The van der Waals surface area contributed by atoms with Crippen LogP contribution in [0.3, 0.4) is 0 Å². The largest absolute Gasteiger partial charge is 0.507 e. The molecule has 0 saturated carbocycles. The predicted octanol–water partition coefficient (Wildman–Crippen LogP) is 4.63. The molecule has 0 radical (unpaired) electrons. The Hall–Kier alpha value is -3.64. The first-order valence-electron chi connectivity index (χ1n) is 9.71. The van der Waals surface area contributed by atoms with Crippen molar-refractivity contribution in [3.8, 4) is 5.75 Å². The average molecular weight is 435 g/mol. The zero-order chi connectivity index (χ0) is 22.1. The molecular weight excluding hydrogens is 416 g/mol. The maximum Gasteiger partial charge on any atom is 0.300 e. The zero-order valence-corrected chi connectivity index (χ0v) is 17.4. The summed E-state index contributed by atoms with van der Waals surface area (Å²) in [6.07, 6.45) is 3.89. The van der Waals surface area contributed by atoms with Crippen LogP contribution in [0.4, 0.5) is 5.69 Å². The van der Waals surface area contributed by atoms with Crippen molar-refractivity contribution in [1.29, 1.82) is 0 Å². The van der Waals surface area contributed by atoms with Crippen LogP contribution >= 0.6 is 11.6 Å². The maximum atomic E-state index is 13.1. The topological polar surface area (TPSA) is 90.7 Å². The predicted molar refractivity (Wildman–Crippen MR) is 118 cm³/mol. The third-order valence-electron chi connectivity index (χ3n) is 5.30. The minimum atomic E-state index is -0.960. The van der Waals surface area contributed by atoms with Gasteiger partial charge >= 0.3 is 0 Å². The second-order valence-corrected chi connectivity index (χ2v) is 7.57. The molecule has 0 spiro atoms. The summed E-state index contributed by atoms with van der Waals surface area (Å²) in [6.45, 7) is 2.02. The molecule has 1 saturated heterocycles. The molecule has 0 bridgehead atoms. The van der Waals surface area contributed by atoms with Crippen LogP contribution in [0.5, 0.6) is 5.75 Å². The van der Waals surface area contributed by atoms with E-state index in [4.69, 9.17) is 11.6 Å². The van der Waals surface area contributed by atoms with Crippen molar-refractivity contribution in [2.24, 2.45) is 0 Å². The number of amides is 1. The van der Waals surface area contributed by atoms with Crippen molar-refractivity contribution in [2.45, 2.75) is 19.4 Å². The van der Waals surface area contributed by atoms with Gasteiger partial charge in [-0.1, -0.05) is 42.8 Å². The van der Waals surface area contributed by atoms with E-state index in [-0.39, 0.29) is 22.8 Å². The third-order valence-corrected chi connectivity index (χ3v) is 5.53. The van der Waals surface area contributed by atoms with Gasteiger partial charge in [-0.25, -0.2) is 0 Å². The van der Waals surface area contributed by atoms with Gasteiger partial charge in [0.25, 0.3) is 11.7 Å². The number of Topliss-reactive ketones (excluding diaryl/α,β-unsaturated/α-hetero) is 1. The second kappa shape index (κ2) is 8.24. The first kappa shape index (κ1) is 20.6. The molecule has 2 aromatic carbocycles. The summed E-state index contributed by atoms with van der Waals surface area (Å²) in [4.78, 5) is 31.3. The zero-order valence-electron chi connectivity index (χ0n) is 16.6. The van der Waals surface area contributed by atoms with E-state index >= 15 is 0 Å². The fourth-order valence-electron chi connectivity index (χ4n) is 3.69. The highest BCUT2D eigenvalue weighted by Gasteiger charge is 2.47. The Morgan fingerprint density at radius 1 is 1.06 bits per heavy atom. The Morgan fingerprint density at radius 3 is 2.39 bits per heavy atom. The van der Waals surface area contributed by atoms with Crippen LogP contribution in [0.15, 0.2) is 72.6 Å². The number of aliphatic hydroxyl groups is 1. The summed E-state index contributed by atoms with van der Waals surface area (Å²) in [5.41, 5.74) is 2.06. The number of phenolic OH excluding ortho intramolecular Hbond substituents is 1. The van der Waals surface area contributed by atoms with Gasteiger partial charge < -0.3 is 10.2 Å². The lowest BCUT2D eigenvalue weighted by molar-refractivity contribution is -0.132. The van der Waals surface area contributed by atoms with Crippen molar-refractivity contribution in [1.82, 2.24) is 4.98 Å². The first-order chi connectivity index (χ1) is 14.9. The van der Waals surface area contributed by atoms with Gasteiger partial charge in [0, 0.05) is 23.0 Å². The molecule has 6 nitrogen and oxygen atoms in total. The summed E-state index contributed by atoms with van der Waals surface area (Å²) >= 11 is 6.09. The van der Waals surface area contributed by atoms with E-state index in [0.717, 1.165) is 16.9 Å². The molecule has 4 rings (SSSR count). The number of aromatic nitrogens is 1. The van der Waals surface area contributed by atoms with E-state index < -0.39 is 17.7 Å². The fourth-order valence-corrected chi connectivity index (χ4v) is 3.85. The van der Waals surface area contributed by atoms with Crippen molar-refractivity contribution in [3.05, 3.63) is 94.3 Å². The molecule has 1 unspecified atom stereocenters. The Balaban J connectivity index is 1.94. The summed E-state index contributed by atoms with van der Waals surface area (Å²) in [5.74, 6) is -2.21. The number of hydrogen-bond acceptors (Lipinski definition) is 5. The number of halogens is 1. The number of aryl methyl sites for hydroxylation is 1. The van der Waals surface area contributed by atoms with Crippen LogP contribution in [0.2, 0.25) is 5.02 Å². The number of aromatic hydroxyl groups is 1. The van der Waals surface area contributed by atoms with E-state index in [1.165, 1.54) is 30.6 Å². The van der Waals surface area contributed by atoms with Crippen LogP contribution in [0, 0.1) is 0 Å². The van der Waals surface area contributed by atoms with E-state index in [9.17, 15) is 19.8 Å². The first-order valence-corrected chi connectivity index (χ1v) is 10.1. The van der Waals surface area contributed by atoms with Gasteiger partial charge in [-0.3, -0.25) is 19.5 Å². The SMILES string of the molecule is CCc1ccc(/C(O)=C2\C(=O)C(=O)N(c3cc(Cl)ccc3O)C2c2ccncc2)cc1. The van der Waals surface area contributed by atoms with Gasteiger partial charge in [-0.2, -0.15) is 0 Å². The van der Waals surface area contributed by atoms with Crippen LogP contribution in [0.1, 0.15) is 29.7 Å². The number of benzene rings is 2. The van der Waals surface area contributed by atoms with Gasteiger partial charge in [0.15, 0.2) is 0 Å². The van der Waals surface area contributed by atoms with Crippen LogP contribution in [-0.2, 0) is 16.0 Å². The lowest BCUT2D eigenvalue weighted by Gasteiger charge is -2.26. The minimum Gasteiger partial charge on any atom is -0.507 e. The number of ketones is 1. The standard InChI is InChI=1S/C24H19ClN2O4/c1-2-14-3-5-16(6-4-14)22(29)20-21(15-9-11-26-12-10-15)27(24(31)23(20)30)18-13-17(25)7-8-19(18)28/h3-13,21,28-29H,2H2,1H3/b22-20+. The molecule has 2 heterocycles. The van der Waals surface area contributed by atoms with Gasteiger partial charge in [0.2, 0.25) is 0 Å². The number of anilines is 1. The number of carbonyl (C=O) groups excluding carboxylic acids is 2. The summed E-state index contributed by atoms with van der Waals surface area (Å²) < 4.78 is 0. The van der Waals surface area contributed by atoms with Gasteiger partial charge in [0.05, 0.1) is 17.3 Å². The highest BCUT2D eigenvalue weighted by Crippen LogP contribution is 2.45. The lowest BCUT2D eigenvalue weighted by Crippen LogP contribution is -2.29. The number of aliphatic hydroxyl groups excluding tert-OH is 1. The normalized spacial score (nSPS) is 17.9. The molecule has 0 aliphatic carbocycles. The van der Waals surface area contributed by atoms with Gasteiger partial charge in [-0.05, 0) is 47.9 Å². The summed E-state index contributed by atoms with van der Waals surface area (Å²) in [7, 11) is 0. The van der Waals surface area contributed by atoms with Crippen molar-refractivity contribution < 1.29 is 19.8 Å². The smallest absolute Gasteiger partial charge is 0.300 e. The fraction of sp³-hybridized carbons (Fsp3) is 0.125. The van der Waals surface area contributed by atoms with Crippen LogP contribution in [-0.4, -0.2) is 26.9 Å². The molecule has 7 heteroatoms. The molecule has 3 aromatic rings. The van der Waals surface area contributed by atoms with Gasteiger partial charge in [0.1, 0.15) is 11.5 Å². The molecular formula is C24H19ClN2O4. The van der Waals surface area contributed by atoms with Crippen molar-refractivity contribution >= 4 is 34.7 Å². The number of phenols is 1. The molecule has 1 amide bonds. The summed E-state index contributed by atoms with van der Waals surface area (Å²) in [6, 6.07) is 13.7. The number of hydrogen-bond donors (Lipinski definition) is 2. The number of nitrogens with zero attached hydrogens (tertiary/aromatic N) is 2. The maximum absolute atomic E-state index is 13.1. The van der Waals surface area contributed by atoms with Crippen LogP contribution in [0.25, 0.3) is 5.76 Å². The Kier molecular flexibility index (Phi) is 5.48. The third kappa shape index (κ3) is 3.66. The molecule has 1 aromatic heterocycles.